The van der Waals surface area contributed by atoms with Crippen molar-refractivity contribution < 1.29 is 4.39 Å². The fraction of sp³-hybridized carbons (Fsp3) is 0.133. The van der Waals surface area contributed by atoms with Crippen molar-refractivity contribution in [3.63, 3.8) is 0 Å². The summed E-state index contributed by atoms with van der Waals surface area (Å²) in [6, 6.07) is 14.2. The van der Waals surface area contributed by atoms with Gasteiger partial charge in [0.1, 0.15) is 11.9 Å². The maximum atomic E-state index is 13.5. The summed E-state index contributed by atoms with van der Waals surface area (Å²) in [5.41, 5.74) is 2.91. The molecule has 0 amide bonds. The summed E-state index contributed by atoms with van der Waals surface area (Å²) in [5, 5.41) is 12.2. The minimum atomic E-state index is -0.239. The van der Waals surface area contributed by atoms with Gasteiger partial charge < -0.3 is 5.32 Å². The van der Waals surface area contributed by atoms with Crippen LogP contribution in [0.1, 0.15) is 16.7 Å². The predicted octanol–water partition coefficient (Wildman–Crippen LogP) is 3.62. The Morgan fingerprint density at radius 1 is 1.17 bits per heavy atom. The highest BCUT2D eigenvalue weighted by Gasteiger charge is 2.06. The van der Waals surface area contributed by atoms with E-state index in [1.807, 2.05) is 19.1 Å². The molecule has 3 heteroatoms. The average Bonchev–Trinajstić information content (AvgIpc) is 2.39. The van der Waals surface area contributed by atoms with Crippen LogP contribution in [0.25, 0.3) is 0 Å². The molecule has 0 atom stereocenters. The Morgan fingerprint density at radius 2 is 1.94 bits per heavy atom. The number of nitriles is 1. The summed E-state index contributed by atoms with van der Waals surface area (Å²) in [5.74, 6) is -0.239. The second-order valence-corrected chi connectivity index (χ2v) is 4.05. The van der Waals surface area contributed by atoms with Crippen molar-refractivity contribution in [3.8, 4) is 6.07 Å². The molecular formula is C15H13FN2. The molecule has 0 unspecified atom stereocenters. The first-order chi connectivity index (χ1) is 8.72. The van der Waals surface area contributed by atoms with Gasteiger partial charge in [0.05, 0.1) is 11.3 Å². The lowest BCUT2D eigenvalue weighted by Crippen LogP contribution is -2.04. The van der Waals surface area contributed by atoms with E-state index in [0.29, 0.717) is 17.7 Å². The van der Waals surface area contributed by atoms with Crippen molar-refractivity contribution in [2.45, 2.75) is 13.5 Å². The lowest BCUT2D eigenvalue weighted by atomic mass is 10.1. The molecule has 0 bridgehead atoms. The quantitative estimate of drug-likeness (QED) is 0.889. The van der Waals surface area contributed by atoms with Crippen molar-refractivity contribution in [2.24, 2.45) is 0 Å². The summed E-state index contributed by atoms with van der Waals surface area (Å²) >= 11 is 0. The predicted molar refractivity (Wildman–Crippen MR) is 69.6 cm³/mol. The van der Waals surface area contributed by atoms with Crippen molar-refractivity contribution in [1.29, 1.82) is 5.26 Å². The van der Waals surface area contributed by atoms with Crippen LogP contribution < -0.4 is 5.32 Å². The first-order valence-electron chi connectivity index (χ1n) is 5.69. The second-order valence-electron chi connectivity index (χ2n) is 4.05. The number of benzene rings is 2. The van der Waals surface area contributed by atoms with Gasteiger partial charge in [0.15, 0.2) is 0 Å². The topological polar surface area (TPSA) is 35.8 Å². The smallest absolute Gasteiger partial charge is 0.128 e. The highest BCUT2D eigenvalue weighted by atomic mass is 19.1. The molecule has 2 aromatic carbocycles. The van der Waals surface area contributed by atoms with E-state index in [1.54, 1.807) is 24.3 Å². The van der Waals surface area contributed by atoms with Gasteiger partial charge in [-0.2, -0.15) is 5.26 Å². The monoisotopic (exact) mass is 240 g/mol. The van der Waals surface area contributed by atoms with Crippen molar-refractivity contribution in [3.05, 3.63) is 65.0 Å². The molecular weight excluding hydrogens is 227 g/mol. The molecule has 0 spiro atoms. The molecule has 2 nitrogen and oxygen atoms in total. The fourth-order valence-corrected chi connectivity index (χ4v) is 1.82. The number of anilines is 1. The first kappa shape index (κ1) is 12.1. The number of para-hydroxylation sites is 1. The summed E-state index contributed by atoms with van der Waals surface area (Å²) < 4.78 is 13.5. The van der Waals surface area contributed by atoms with E-state index in [-0.39, 0.29) is 5.82 Å². The van der Waals surface area contributed by atoms with Gasteiger partial charge in [0.25, 0.3) is 0 Å². The lowest BCUT2D eigenvalue weighted by Gasteiger charge is -2.11. The lowest BCUT2D eigenvalue weighted by molar-refractivity contribution is 0.613. The molecule has 0 aromatic heterocycles. The molecule has 0 saturated carbocycles. The number of hydrogen-bond acceptors (Lipinski definition) is 2. The molecule has 1 N–H and O–H groups in total. The van der Waals surface area contributed by atoms with E-state index in [9.17, 15) is 4.39 Å². The summed E-state index contributed by atoms with van der Waals surface area (Å²) in [6.07, 6.45) is 0. The van der Waals surface area contributed by atoms with Crippen LogP contribution in [0.5, 0.6) is 0 Å². The van der Waals surface area contributed by atoms with Crippen LogP contribution in [0.4, 0.5) is 10.1 Å². The van der Waals surface area contributed by atoms with Crippen LogP contribution >= 0.6 is 0 Å². The molecule has 90 valence electrons. The van der Waals surface area contributed by atoms with E-state index in [0.717, 1.165) is 11.3 Å². The Hall–Kier alpha value is -2.34. The highest BCUT2D eigenvalue weighted by molar-refractivity contribution is 5.62. The van der Waals surface area contributed by atoms with Crippen LogP contribution in [0.3, 0.4) is 0 Å². The van der Waals surface area contributed by atoms with E-state index >= 15 is 0 Å². The largest absolute Gasteiger partial charge is 0.380 e. The average molecular weight is 240 g/mol. The Morgan fingerprint density at radius 3 is 2.67 bits per heavy atom. The number of halogens is 1. The number of rotatable bonds is 3. The minimum absolute atomic E-state index is 0.239. The number of aryl methyl sites for hydroxylation is 1. The van der Waals surface area contributed by atoms with Crippen LogP contribution in [0.15, 0.2) is 42.5 Å². The third kappa shape index (κ3) is 2.49. The third-order valence-electron chi connectivity index (χ3n) is 2.81. The van der Waals surface area contributed by atoms with E-state index in [1.165, 1.54) is 6.07 Å². The van der Waals surface area contributed by atoms with Crippen molar-refractivity contribution in [1.82, 2.24) is 0 Å². The Balaban J connectivity index is 2.22. The van der Waals surface area contributed by atoms with Crippen LogP contribution in [-0.4, -0.2) is 0 Å². The van der Waals surface area contributed by atoms with E-state index in [4.69, 9.17) is 5.26 Å². The standard InChI is InChI=1S/C15H13FN2/c1-11-5-4-7-12(9-17)15(11)18-10-13-6-2-3-8-14(13)16/h2-8,18H,10H2,1H3. The third-order valence-corrected chi connectivity index (χ3v) is 2.81. The van der Waals surface area contributed by atoms with Crippen molar-refractivity contribution >= 4 is 5.69 Å². The highest BCUT2D eigenvalue weighted by Crippen LogP contribution is 2.20. The Kier molecular flexibility index (Phi) is 3.59. The molecule has 0 aliphatic carbocycles. The summed E-state index contributed by atoms with van der Waals surface area (Å²) in [6.45, 7) is 2.29. The van der Waals surface area contributed by atoms with Gasteiger partial charge in [-0.05, 0) is 24.6 Å². The fourth-order valence-electron chi connectivity index (χ4n) is 1.82. The molecule has 2 aromatic rings. The summed E-state index contributed by atoms with van der Waals surface area (Å²) in [7, 11) is 0. The van der Waals surface area contributed by atoms with Crippen LogP contribution in [-0.2, 0) is 6.54 Å². The number of nitrogens with zero attached hydrogens (tertiary/aromatic N) is 1. The number of hydrogen-bond donors (Lipinski definition) is 1. The SMILES string of the molecule is Cc1cccc(C#N)c1NCc1ccccc1F. The Bertz CT molecular complexity index is 600. The Labute approximate surface area is 106 Å². The zero-order chi connectivity index (χ0) is 13.0. The van der Waals surface area contributed by atoms with Gasteiger partial charge in [-0.3, -0.25) is 0 Å². The first-order valence-corrected chi connectivity index (χ1v) is 5.69. The zero-order valence-electron chi connectivity index (χ0n) is 10.1. The molecule has 0 radical (unpaired) electrons. The van der Waals surface area contributed by atoms with Gasteiger partial charge in [-0.25, -0.2) is 4.39 Å². The molecule has 18 heavy (non-hydrogen) atoms. The summed E-state index contributed by atoms with van der Waals surface area (Å²) in [4.78, 5) is 0. The van der Waals surface area contributed by atoms with Crippen LogP contribution in [0.2, 0.25) is 0 Å². The molecule has 2 rings (SSSR count). The normalized spacial score (nSPS) is 9.83. The molecule has 0 aliphatic heterocycles. The maximum Gasteiger partial charge on any atom is 0.128 e. The van der Waals surface area contributed by atoms with Gasteiger partial charge >= 0.3 is 0 Å². The van der Waals surface area contributed by atoms with Crippen molar-refractivity contribution in [2.75, 3.05) is 5.32 Å². The van der Waals surface area contributed by atoms with Gasteiger partial charge in [-0.1, -0.05) is 30.3 Å². The molecule has 0 saturated heterocycles. The maximum absolute atomic E-state index is 13.5. The van der Waals surface area contributed by atoms with Gasteiger partial charge in [-0.15, -0.1) is 0 Å². The van der Waals surface area contributed by atoms with E-state index < -0.39 is 0 Å². The van der Waals surface area contributed by atoms with E-state index in [2.05, 4.69) is 11.4 Å². The van der Waals surface area contributed by atoms with Gasteiger partial charge in [0.2, 0.25) is 0 Å². The number of nitrogens with one attached hydrogen (secondary N) is 1. The molecule has 0 heterocycles. The minimum Gasteiger partial charge on any atom is -0.380 e. The second kappa shape index (κ2) is 5.33. The van der Waals surface area contributed by atoms with Gasteiger partial charge in [0, 0.05) is 12.1 Å². The van der Waals surface area contributed by atoms with Crippen LogP contribution in [0, 0.1) is 24.1 Å². The zero-order valence-corrected chi connectivity index (χ0v) is 10.1. The molecule has 0 fully saturated rings. The molecule has 0 aliphatic rings.